The first-order chi connectivity index (χ1) is 14.3. The first-order valence-electron chi connectivity index (χ1n) is 9.72. The molecule has 2 atom stereocenters. The van der Waals surface area contributed by atoms with E-state index in [-0.39, 0.29) is 11.6 Å². The zero-order chi connectivity index (χ0) is 21.5. The number of halogens is 1. The van der Waals surface area contributed by atoms with Crippen molar-refractivity contribution in [3.8, 4) is 0 Å². The second kappa shape index (κ2) is 8.22. The summed E-state index contributed by atoms with van der Waals surface area (Å²) in [5.74, 6) is 0.546. The molecule has 2 aromatic carbocycles. The highest BCUT2D eigenvalue weighted by atomic mass is 79.9. The third kappa shape index (κ3) is 3.71. The van der Waals surface area contributed by atoms with Gasteiger partial charge in [-0.2, -0.15) is 0 Å². The number of hydrogen-bond donors (Lipinski definition) is 1. The number of hydrogen-bond acceptors (Lipinski definition) is 6. The molecule has 1 aliphatic heterocycles. The van der Waals surface area contributed by atoms with E-state index in [1.54, 1.807) is 49.5 Å². The van der Waals surface area contributed by atoms with Gasteiger partial charge in [0.2, 0.25) is 0 Å². The zero-order valence-electron chi connectivity index (χ0n) is 16.7. The molecule has 0 bridgehead atoms. The van der Waals surface area contributed by atoms with Gasteiger partial charge in [0.05, 0.1) is 21.8 Å². The Hall–Kier alpha value is -2.07. The maximum Gasteiger partial charge on any atom is 0.261 e. The molecule has 0 saturated carbocycles. The number of piperazine rings is 1. The van der Waals surface area contributed by atoms with E-state index in [1.165, 1.54) is 4.57 Å². The van der Waals surface area contributed by atoms with Crippen LogP contribution in [0.15, 0.2) is 62.7 Å². The summed E-state index contributed by atoms with van der Waals surface area (Å²) in [5.41, 5.74) is 0.446. The van der Waals surface area contributed by atoms with E-state index in [9.17, 15) is 13.2 Å². The van der Waals surface area contributed by atoms with E-state index >= 15 is 0 Å². The van der Waals surface area contributed by atoms with Crippen LogP contribution in [0.3, 0.4) is 0 Å². The fraction of sp³-hybridized carbons (Fsp3) is 0.333. The third-order valence-corrected chi connectivity index (χ3v) is 8.19. The fourth-order valence-electron chi connectivity index (χ4n) is 3.98. The predicted octanol–water partition coefficient (Wildman–Crippen LogP) is 2.46. The summed E-state index contributed by atoms with van der Waals surface area (Å²) < 4.78 is 29.1. The Bertz CT molecular complexity index is 1240. The average Bonchev–Trinajstić information content (AvgIpc) is 2.76. The highest BCUT2D eigenvalue weighted by Crippen LogP contribution is 2.28. The van der Waals surface area contributed by atoms with Crippen molar-refractivity contribution in [3.63, 3.8) is 0 Å². The van der Waals surface area contributed by atoms with E-state index in [1.807, 2.05) is 17.9 Å². The van der Waals surface area contributed by atoms with Crippen LogP contribution >= 0.6 is 15.9 Å². The van der Waals surface area contributed by atoms with Crippen molar-refractivity contribution in [3.05, 3.63) is 69.2 Å². The van der Waals surface area contributed by atoms with Crippen LogP contribution in [0.2, 0.25) is 0 Å². The van der Waals surface area contributed by atoms with Gasteiger partial charge in [-0.15, -0.1) is 0 Å². The molecule has 1 saturated heterocycles. The standard InChI is InChI=1S/C21H23BrN4O3S/c1-14(20-24-18-9-8-15(22)12-17(18)21(27)25(20)2)26-11-10-23-13-19(26)30(28,29)16-6-4-3-5-7-16/h3-9,12,14,19,23H,10-11,13H2,1-2H3. The highest BCUT2D eigenvalue weighted by molar-refractivity contribution is 9.10. The van der Waals surface area contributed by atoms with Gasteiger partial charge in [-0.25, -0.2) is 13.4 Å². The lowest BCUT2D eigenvalue weighted by Gasteiger charge is -2.39. The van der Waals surface area contributed by atoms with Crippen molar-refractivity contribution in [1.29, 1.82) is 0 Å². The Balaban J connectivity index is 1.78. The summed E-state index contributed by atoms with van der Waals surface area (Å²) in [4.78, 5) is 19.9. The van der Waals surface area contributed by atoms with E-state index in [0.29, 0.717) is 41.3 Å². The van der Waals surface area contributed by atoms with Crippen molar-refractivity contribution < 1.29 is 8.42 Å². The van der Waals surface area contributed by atoms with E-state index in [0.717, 1.165) is 4.47 Å². The smallest absolute Gasteiger partial charge is 0.261 e. The molecule has 4 rings (SSSR count). The lowest BCUT2D eigenvalue weighted by Crippen LogP contribution is -2.55. The van der Waals surface area contributed by atoms with Crippen LogP contribution in [0.4, 0.5) is 0 Å². The summed E-state index contributed by atoms with van der Waals surface area (Å²) in [5, 5.41) is 2.97. The SMILES string of the molecule is CC(c1nc2ccc(Br)cc2c(=O)n1C)N1CCNCC1S(=O)(=O)c1ccccc1. The molecule has 1 fully saturated rings. The molecule has 1 aliphatic rings. The largest absolute Gasteiger partial charge is 0.313 e. The molecular weight excluding hydrogens is 468 g/mol. The van der Waals surface area contributed by atoms with E-state index < -0.39 is 15.2 Å². The minimum absolute atomic E-state index is 0.152. The van der Waals surface area contributed by atoms with Crippen LogP contribution in [0.5, 0.6) is 0 Å². The third-order valence-electron chi connectivity index (χ3n) is 5.61. The second-order valence-corrected chi connectivity index (χ2v) is 10.4. The van der Waals surface area contributed by atoms with E-state index in [4.69, 9.17) is 4.98 Å². The summed E-state index contributed by atoms with van der Waals surface area (Å²) in [6.07, 6.45) is 0. The van der Waals surface area contributed by atoms with Crippen molar-refractivity contribution in [2.45, 2.75) is 23.2 Å². The molecule has 158 valence electrons. The lowest BCUT2D eigenvalue weighted by molar-refractivity contribution is 0.150. The van der Waals surface area contributed by atoms with Crippen molar-refractivity contribution >= 4 is 36.7 Å². The fourth-order valence-corrected chi connectivity index (χ4v) is 6.17. The normalized spacial score (nSPS) is 19.1. The predicted molar refractivity (Wildman–Crippen MR) is 120 cm³/mol. The molecule has 9 heteroatoms. The van der Waals surface area contributed by atoms with Crippen molar-refractivity contribution in [2.24, 2.45) is 7.05 Å². The molecule has 0 amide bonds. The molecule has 0 radical (unpaired) electrons. The number of nitrogens with zero attached hydrogens (tertiary/aromatic N) is 3. The first kappa shape index (κ1) is 21.2. The number of aromatic nitrogens is 2. The molecule has 1 N–H and O–H groups in total. The van der Waals surface area contributed by atoms with Crippen LogP contribution in [-0.2, 0) is 16.9 Å². The molecule has 0 spiro atoms. The van der Waals surface area contributed by atoms with Gasteiger partial charge in [0.15, 0.2) is 9.84 Å². The number of sulfone groups is 1. The molecular formula is C21H23BrN4O3S. The van der Waals surface area contributed by atoms with Crippen LogP contribution < -0.4 is 10.9 Å². The Morgan fingerprint density at radius 1 is 1.20 bits per heavy atom. The first-order valence-corrected chi connectivity index (χ1v) is 12.1. The van der Waals surface area contributed by atoms with Gasteiger partial charge in [0.1, 0.15) is 11.2 Å². The maximum absolute atomic E-state index is 13.4. The number of nitrogens with one attached hydrogen (secondary N) is 1. The lowest BCUT2D eigenvalue weighted by atomic mass is 10.2. The Morgan fingerprint density at radius 2 is 1.93 bits per heavy atom. The summed E-state index contributed by atoms with van der Waals surface area (Å²) in [6.45, 7) is 3.42. The van der Waals surface area contributed by atoms with Crippen LogP contribution in [0, 0.1) is 0 Å². The molecule has 7 nitrogen and oxygen atoms in total. The highest BCUT2D eigenvalue weighted by Gasteiger charge is 2.38. The van der Waals surface area contributed by atoms with Gasteiger partial charge >= 0.3 is 0 Å². The molecule has 3 aromatic rings. The van der Waals surface area contributed by atoms with Gasteiger partial charge in [-0.05, 0) is 37.3 Å². The molecule has 2 unspecified atom stereocenters. The van der Waals surface area contributed by atoms with E-state index in [2.05, 4.69) is 21.2 Å². The van der Waals surface area contributed by atoms with Gasteiger partial charge < -0.3 is 5.32 Å². The van der Waals surface area contributed by atoms with Crippen LogP contribution in [0.1, 0.15) is 18.8 Å². The minimum Gasteiger partial charge on any atom is -0.313 e. The molecule has 30 heavy (non-hydrogen) atoms. The summed E-state index contributed by atoms with van der Waals surface area (Å²) >= 11 is 3.40. The minimum atomic E-state index is -3.59. The summed E-state index contributed by atoms with van der Waals surface area (Å²) in [6, 6.07) is 13.5. The van der Waals surface area contributed by atoms with Gasteiger partial charge in [-0.3, -0.25) is 14.3 Å². The van der Waals surface area contributed by atoms with Crippen molar-refractivity contribution in [1.82, 2.24) is 19.8 Å². The number of benzene rings is 2. The van der Waals surface area contributed by atoms with Gasteiger partial charge in [-0.1, -0.05) is 34.1 Å². The van der Waals surface area contributed by atoms with Gasteiger partial charge in [0.25, 0.3) is 5.56 Å². The molecule has 2 heterocycles. The second-order valence-electron chi connectivity index (χ2n) is 7.43. The Kier molecular flexibility index (Phi) is 5.80. The van der Waals surface area contributed by atoms with Gasteiger partial charge in [0, 0.05) is 31.2 Å². The average molecular weight is 491 g/mol. The maximum atomic E-state index is 13.4. The monoisotopic (exact) mass is 490 g/mol. The Labute approximate surface area is 183 Å². The van der Waals surface area contributed by atoms with Crippen LogP contribution in [0.25, 0.3) is 10.9 Å². The number of rotatable bonds is 4. The van der Waals surface area contributed by atoms with Crippen LogP contribution in [-0.4, -0.2) is 47.9 Å². The zero-order valence-corrected chi connectivity index (χ0v) is 19.1. The molecule has 0 aliphatic carbocycles. The van der Waals surface area contributed by atoms with Crippen molar-refractivity contribution in [2.75, 3.05) is 19.6 Å². The summed E-state index contributed by atoms with van der Waals surface area (Å²) in [7, 11) is -1.91. The molecule has 1 aromatic heterocycles. The topological polar surface area (TPSA) is 84.3 Å². The quantitative estimate of drug-likeness (QED) is 0.604. The Morgan fingerprint density at radius 3 is 2.67 bits per heavy atom. The number of fused-ring (bicyclic) bond motifs is 1.